The minimum Gasteiger partial charge on any atom is -0.478 e. The molecule has 3 aromatic rings. The summed E-state index contributed by atoms with van der Waals surface area (Å²) in [5.41, 5.74) is 6.73. The quantitative estimate of drug-likeness (QED) is 0.199. The number of carbonyl (C=O) groups is 1. The minimum absolute atomic E-state index is 0.155. The summed E-state index contributed by atoms with van der Waals surface area (Å²) < 4.78 is 7.37. The largest absolute Gasteiger partial charge is 0.478 e. The normalized spacial score (nSPS) is 13.2. The zero-order valence-corrected chi connectivity index (χ0v) is 18.4. The van der Waals surface area contributed by atoms with Gasteiger partial charge in [0.2, 0.25) is 0 Å². The molecule has 0 amide bonds. The molecule has 0 saturated carbocycles. The third-order valence-corrected chi connectivity index (χ3v) is 4.34. The first-order chi connectivity index (χ1) is 15.3. The number of nitrogen functional groups attached to an aromatic ring is 1. The number of carboxylic acid groups (broad SMARTS) is 1. The number of rotatable bonds is 7. The van der Waals surface area contributed by atoms with Crippen LogP contribution in [0.25, 0.3) is 10.9 Å². The molecule has 11 heteroatoms. The summed E-state index contributed by atoms with van der Waals surface area (Å²) in [7, 11) is -0.917. The van der Waals surface area contributed by atoms with Gasteiger partial charge in [0.25, 0.3) is 0 Å². The fraction of sp³-hybridized carbons (Fsp3) is 0.286. The molecule has 0 fully saturated rings. The lowest BCUT2D eigenvalue weighted by Crippen LogP contribution is -2.34. The van der Waals surface area contributed by atoms with Crippen LogP contribution in [0.2, 0.25) is 0 Å². The average molecular weight is 468 g/mol. The molecule has 3 atom stereocenters. The first kappa shape index (κ1) is 27.5. The van der Waals surface area contributed by atoms with E-state index in [9.17, 15) is 20.1 Å². The molecule has 1 heterocycles. The highest BCUT2D eigenvalue weighted by Gasteiger charge is 2.21. The van der Waals surface area contributed by atoms with Crippen LogP contribution in [-0.4, -0.2) is 66.2 Å². The summed E-state index contributed by atoms with van der Waals surface area (Å²) in [4.78, 5) is 24.6. The summed E-state index contributed by atoms with van der Waals surface area (Å²) >= 11 is 0. The summed E-state index contributed by atoms with van der Waals surface area (Å²) in [5.74, 6) is -0.988. The number of benzene rings is 2. The number of nitrogens with zero attached hydrogens (tertiary/aromatic N) is 1. The van der Waals surface area contributed by atoms with Crippen molar-refractivity contribution < 1.29 is 39.7 Å². The van der Waals surface area contributed by atoms with Crippen molar-refractivity contribution in [2.24, 2.45) is 0 Å². The SMILES string of the molecule is CC(O)C(CO)OC(CO)n1ccc2ccccc21.Nc1ccccc1C(=O)O.OPO. The third kappa shape index (κ3) is 8.18. The summed E-state index contributed by atoms with van der Waals surface area (Å²) in [6.45, 7) is 1.01. The number of ether oxygens (including phenoxy) is 1. The lowest BCUT2D eigenvalue weighted by molar-refractivity contribution is -0.131. The second kappa shape index (κ2) is 14.5. The molecule has 3 unspecified atom stereocenters. The van der Waals surface area contributed by atoms with Crippen LogP contribution in [0, 0.1) is 0 Å². The van der Waals surface area contributed by atoms with Crippen LogP contribution >= 0.6 is 9.03 Å². The molecule has 0 bridgehead atoms. The van der Waals surface area contributed by atoms with Gasteiger partial charge < -0.3 is 45.3 Å². The standard InChI is InChI=1S/C14H19NO4.C7H7NO2.H3O2P/c1-10(18)13(8-16)19-14(9-17)15-7-6-11-4-2-3-5-12(11)15;8-6-4-2-1-3-5(6)7(9)10;1-3-2/h2-7,10,13-14,16-18H,8-9H2,1H3;1-4H,8H2,(H,9,10);1-3H. The lowest BCUT2D eigenvalue weighted by Gasteiger charge is -2.25. The van der Waals surface area contributed by atoms with Crippen molar-refractivity contribution in [1.82, 2.24) is 4.57 Å². The number of aromatic carboxylic acids is 1. The Morgan fingerprint density at radius 3 is 2.16 bits per heavy atom. The van der Waals surface area contributed by atoms with E-state index in [4.69, 9.17) is 25.4 Å². The number of aromatic nitrogens is 1. The Bertz CT molecular complexity index is 950. The van der Waals surface area contributed by atoms with Gasteiger partial charge in [0, 0.05) is 11.9 Å². The maximum atomic E-state index is 10.3. The maximum absolute atomic E-state index is 10.3. The summed E-state index contributed by atoms with van der Waals surface area (Å²) in [6.07, 6.45) is -0.340. The van der Waals surface area contributed by atoms with E-state index in [0.717, 1.165) is 10.9 Å². The number of carboxylic acids is 1. The highest BCUT2D eigenvalue weighted by molar-refractivity contribution is 7.23. The van der Waals surface area contributed by atoms with Crippen molar-refractivity contribution in [3.05, 3.63) is 66.4 Å². The highest BCUT2D eigenvalue weighted by Crippen LogP contribution is 2.22. The summed E-state index contributed by atoms with van der Waals surface area (Å²) in [6, 6.07) is 16.0. The monoisotopic (exact) mass is 468 g/mol. The number of fused-ring (bicyclic) bond motifs is 1. The van der Waals surface area contributed by atoms with Crippen LogP contribution in [0.3, 0.4) is 0 Å². The molecule has 0 radical (unpaired) electrons. The van der Waals surface area contributed by atoms with Gasteiger partial charge in [0.1, 0.15) is 15.1 Å². The van der Waals surface area contributed by atoms with Crippen LogP contribution in [0.4, 0.5) is 5.69 Å². The molecular formula is C21H29N2O8P. The number of para-hydroxylation sites is 2. The zero-order chi connectivity index (χ0) is 24.1. The van der Waals surface area contributed by atoms with Crippen LogP contribution in [-0.2, 0) is 4.74 Å². The number of aliphatic hydroxyl groups excluding tert-OH is 3. The molecule has 3 rings (SSSR count). The van der Waals surface area contributed by atoms with E-state index in [1.807, 2.05) is 36.5 Å². The van der Waals surface area contributed by atoms with E-state index in [2.05, 4.69) is 0 Å². The van der Waals surface area contributed by atoms with E-state index >= 15 is 0 Å². The molecule has 8 N–H and O–H groups in total. The highest BCUT2D eigenvalue weighted by atomic mass is 31.1. The number of hydrogen-bond donors (Lipinski definition) is 7. The van der Waals surface area contributed by atoms with Crippen LogP contribution in [0.1, 0.15) is 23.5 Å². The van der Waals surface area contributed by atoms with E-state index in [1.165, 1.54) is 6.07 Å². The van der Waals surface area contributed by atoms with Crippen molar-refractivity contribution in [3.8, 4) is 0 Å². The van der Waals surface area contributed by atoms with E-state index in [1.54, 1.807) is 29.7 Å². The van der Waals surface area contributed by atoms with Gasteiger partial charge in [-0.1, -0.05) is 30.3 Å². The van der Waals surface area contributed by atoms with E-state index in [0.29, 0.717) is 5.69 Å². The smallest absolute Gasteiger partial charge is 0.337 e. The van der Waals surface area contributed by atoms with Gasteiger partial charge in [-0.3, -0.25) is 0 Å². The van der Waals surface area contributed by atoms with Gasteiger partial charge in [-0.2, -0.15) is 0 Å². The molecule has 0 saturated heterocycles. The van der Waals surface area contributed by atoms with Crippen LogP contribution in [0.15, 0.2) is 60.8 Å². The Morgan fingerprint density at radius 1 is 1.06 bits per heavy atom. The van der Waals surface area contributed by atoms with Crippen molar-refractivity contribution in [2.75, 3.05) is 18.9 Å². The van der Waals surface area contributed by atoms with Gasteiger partial charge in [0.15, 0.2) is 6.23 Å². The fourth-order valence-corrected chi connectivity index (χ4v) is 2.76. The molecule has 0 spiro atoms. The van der Waals surface area contributed by atoms with Crippen molar-refractivity contribution in [1.29, 1.82) is 0 Å². The van der Waals surface area contributed by atoms with Gasteiger partial charge in [0.05, 0.1) is 30.4 Å². The summed E-state index contributed by atoms with van der Waals surface area (Å²) in [5, 5.41) is 37.7. The van der Waals surface area contributed by atoms with Gasteiger partial charge in [-0.05, 0) is 36.6 Å². The third-order valence-electron chi connectivity index (χ3n) is 4.34. The molecule has 176 valence electrons. The number of nitrogens with two attached hydrogens (primary N) is 1. The molecule has 1 aromatic heterocycles. The Balaban J connectivity index is 0.000000330. The molecule has 10 nitrogen and oxygen atoms in total. The predicted molar refractivity (Wildman–Crippen MR) is 122 cm³/mol. The minimum atomic E-state index is -0.988. The Hall–Kier alpha value is -2.56. The van der Waals surface area contributed by atoms with Crippen molar-refractivity contribution in [3.63, 3.8) is 0 Å². The first-order valence-corrected chi connectivity index (χ1v) is 10.4. The fourth-order valence-electron chi connectivity index (χ4n) is 2.76. The zero-order valence-electron chi connectivity index (χ0n) is 17.4. The Labute approximate surface area is 187 Å². The predicted octanol–water partition coefficient (Wildman–Crippen LogP) is 1.34. The molecule has 0 aliphatic heterocycles. The van der Waals surface area contributed by atoms with Gasteiger partial charge >= 0.3 is 5.97 Å². The maximum Gasteiger partial charge on any atom is 0.337 e. The van der Waals surface area contributed by atoms with E-state index in [-0.39, 0.29) is 18.8 Å². The molecule has 0 aliphatic carbocycles. The molecule has 0 aliphatic rings. The topological polar surface area (TPSA) is 179 Å². The Morgan fingerprint density at radius 2 is 1.66 bits per heavy atom. The number of anilines is 1. The average Bonchev–Trinajstić information content (AvgIpc) is 3.19. The lowest BCUT2D eigenvalue weighted by atomic mass is 10.2. The van der Waals surface area contributed by atoms with Gasteiger partial charge in [-0.25, -0.2) is 4.79 Å². The van der Waals surface area contributed by atoms with Crippen LogP contribution < -0.4 is 5.73 Å². The number of aliphatic hydroxyl groups is 3. The molecular weight excluding hydrogens is 439 g/mol. The van der Waals surface area contributed by atoms with Crippen molar-refractivity contribution in [2.45, 2.75) is 25.4 Å². The second-order valence-electron chi connectivity index (χ2n) is 6.51. The van der Waals surface area contributed by atoms with E-state index < -0.39 is 33.4 Å². The molecule has 32 heavy (non-hydrogen) atoms. The first-order valence-electron chi connectivity index (χ1n) is 9.52. The number of hydrogen-bond acceptors (Lipinski definition) is 8. The molecule has 2 aromatic carbocycles. The van der Waals surface area contributed by atoms with Crippen molar-refractivity contribution >= 4 is 31.6 Å². The Kier molecular flexibility index (Phi) is 12.4. The van der Waals surface area contributed by atoms with Crippen LogP contribution in [0.5, 0.6) is 0 Å². The van der Waals surface area contributed by atoms with Gasteiger partial charge in [-0.15, -0.1) is 0 Å². The second-order valence-corrected chi connectivity index (χ2v) is 6.71.